The predicted octanol–water partition coefficient (Wildman–Crippen LogP) is 4.25. The number of thiophene rings is 2. The number of ketones is 1. The summed E-state index contributed by atoms with van der Waals surface area (Å²) in [6, 6.07) is 7.27. The molecule has 136 valence electrons. The summed E-state index contributed by atoms with van der Waals surface area (Å²) in [5.41, 5.74) is 0.928. The van der Waals surface area contributed by atoms with Gasteiger partial charge in [-0.2, -0.15) is 4.68 Å². The maximum absolute atomic E-state index is 12.9. The maximum atomic E-state index is 12.9. The molecule has 3 aromatic rings. The Morgan fingerprint density at radius 3 is 2.70 bits per heavy atom. The van der Waals surface area contributed by atoms with Crippen molar-refractivity contribution < 1.29 is 9.72 Å². The summed E-state index contributed by atoms with van der Waals surface area (Å²) in [6.45, 7) is 0. The number of hydrogen-bond acceptors (Lipinski definition) is 7. The lowest BCUT2D eigenvalue weighted by Crippen LogP contribution is -2.29. The van der Waals surface area contributed by atoms with Crippen LogP contribution in [0.15, 0.2) is 59.1 Å². The third-order valence-electron chi connectivity index (χ3n) is 4.31. The molecular weight excluding hydrogens is 384 g/mol. The van der Waals surface area contributed by atoms with Gasteiger partial charge in [0, 0.05) is 20.8 Å². The zero-order valence-corrected chi connectivity index (χ0v) is 15.6. The SMILES string of the molecule is O=C1C=C(C=Cc2cccs2)C[C@@H](c2cccs2)[C@@H]1n1cnc([N+](=O)[O-])n1. The lowest BCUT2D eigenvalue weighted by Gasteiger charge is -2.27. The summed E-state index contributed by atoms with van der Waals surface area (Å²) in [7, 11) is 0. The fourth-order valence-corrected chi connectivity index (χ4v) is 4.62. The van der Waals surface area contributed by atoms with Crippen molar-refractivity contribution in [1.82, 2.24) is 14.8 Å². The number of rotatable bonds is 5. The molecule has 3 aromatic heterocycles. The molecule has 1 aliphatic rings. The van der Waals surface area contributed by atoms with Gasteiger partial charge in [-0.15, -0.1) is 22.7 Å². The van der Waals surface area contributed by atoms with E-state index in [1.54, 1.807) is 28.7 Å². The molecule has 2 atom stereocenters. The van der Waals surface area contributed by atoms with E-state index < -0.39 is 16.9 Å². The molecule has 0 aliphatic heterocycles. The zero-order valence-electron chi connectivity index (χ0n) is 14.0. The predicted molar refractivity (Wildman–Crippen MR) is 104 cm³/mol. The van der Waals surface area contributed by atoms with Gasteiger partial charge in [-0.1, -0.05) is 23.2 Å². The third-order valence-corrected chi connectivity index (χ3v) is 6.16. The highest BCUT2D eigenvalue weighted by Gasteiger charge is 2.37. The van der Waals surface area contributed by atoms with Crippen molar-refractivity contribution in [2.45, 2.75) is 18.4 Å². The summed E-state index contributed by atoms with van der Waals surface area (Å²) in [5, 5.41) is 18.8. The molecule has 0 spiro atoms. The van der Waals surface area contributed by atoms with Gasteiger partial charge in [0.05, 0.1) is 0 Å². The number of nitrogens with zero attached hydrogens (tertiary/aromatic N) is 4. The highest BCUT2D eigenvalue weighted by atomic mass is 32.1. The first kappa shape index (κ1) is 17.5. The Bertz CT molecular complexity index is 1020. The Morgan fingerprint density at radius 1 is 1.22 bits per heavy atom. The van der Waals surface area contributed by atoms with Crippen LogP contribution in [0.3, 0.4) is 0 Å². The van der Waals surface area contributed by atoms with Crippen LogP contribution in [-0.4, -0.2) is 25.5 Å². The Morgan fingerprint density at radius 2 is 2.04 bits per heavy atom. The average Bonchev–Trinajstić information content (AvgIpc) is 3.41. The maximum Gasteiger partial charge on any atom is 0.490 e. The molecule has 0 N–H and O–H groups in total. The van der Waals surface area contributed by atoms with Crippen molar-refractivity contribution in [2.75, 3.05) is 0 Å². The Labute approximate surface area is 162 Å². The molecule has 27 heavy (non-hydrogen) atoms. The summed E-state index contributed by atoms with van der Waals surface area (Å²) < 4.78 is 1.32. The molecule has 0 unspecified atom stereocenters. The molecule has 0 bridgehead atoms. The molecule has 0 fully saturated rings. The van der Waals surface area contributed by atoms with Gasteiger partial charge in [0.1, 0.15) is 6.04 Å². The minimum absolute atomic E-state index is 0.134. The molecule has 4 rings (SSSR count). The van der Waals surface area contributed by atoms with Gasteiger partial charge in [-0.25, -0.2) is 0 Å². The second kappa shape index (κ2) is 7.37. The Balaban J connectivity index is 1.68. The van der Waals surface area contributed by atoms with Crippen LogP contribution in [-0.2, 0) is 4.79 Å². The van der Waals surface area contributed by atoms with Crippen molar-refractivity contribution in [2.24, 2.45) is 0 Å². The minimum Gasteiger partial charge on any atom is -0.390 e. The largest absolute Gasteiger partial charge is 0.490 e. The average molecular weight is 398 g/mol. The van der Waals surface area contributed by atoms with Crippen LogP contribution < -0.4 is 0 Å². The first-order valence-electron chi connectivity index (χ1n) is 8.17. The monoisotopic (exact) mass is 398 g/mol. The molecule has 0 radical (unpaired) electrons. The summed E-state index contributed by atoms with van der Waals surface area (Å²) in [4.78, 5) is 29.0. The number of carbonyl (C=O) groups is 1. The van der Waals surface area contributed by atoms with Gasteiger partial charge < -0.3 is 10.1 Å². The smallest absolute Gasteiger partial charge is 0.390 e. The number of carbonyl (C=O) groups excluding carboxylic acids is 1. The molecule has 7 nitrogen and oxygen atoms in total. The zero-order chi connectivity index (χ0) is 18.8. The van der Waals surface area contributed by atoms with Gasteiger partial charge >= 0.3 is 5.95 Å². The van der Waals surface area contributed by atoms with E-state index in [-0.39, 0.29) is 11.7 Å². The summed E-state index contributed by atoms with van der Waals surface area (Å²) in [5.74, 6) is -0.780. The first-order chi connectivity index (χ1) is 13.1. The van der Waals surface area contributed by atoms with Crippen LogP contribution in [0.1, 0.15) is 28.1 Å². The van der Waals surface area contributed by atoms with Crippen LogP contribution in [0.5, 0.6) is 0 Å². The van der Waals surface area contributed by atoms with Gasteiger partial charge in [-0.05, 0) is 52.0 Å². The highest BCUT2D eigenvalue weighted by Crippen LogP contribution is 2.41. The molecule has 1 aliphatic carbocycles. The second-order valence-corrected chi connectivity index (χ2v) is 7.98. The molecule has 0 aromatic carbocycles. The summed E-state index contributed by atoms with van der Waals surface area (Å²) >= 11 is 3.19. The molecular formula is C18H14N4O3S2. The van der Waals surface area contributed by atoms with E-state index >= 15 is 0 Å². The fourth-order valence-electron chi connectivity index (χ4n) is 3.14. The molecule has 9 heteroatoms. The van der Waals surface area contributed by atoms with Crippen LogP contribution in [0.25, 0.3) is 6.08 Å². The standard InChI is InChI=1S/C18H14N4O3S2/c23-15-10-12(5-6-13-3-1-7-26-13)9-14(16-4-2-8-27-16)17(15)21-11-19-18(20-21)22(24)25/h1-8,10-11,14,17H,9H2/t14-,17-/m0/s1. The van der Waals surface area contributed by atoms with E-state index in [0.717, 1.165) is 15.3 Å². The van der Waals surface area contributed by atoms with Gasteiger partial charge in [0.15, 0.2) is 5.78 Å². The normalized spacial score (nSPS) is 20.1. The number of nitro groups is 1. The van der Waals surface area contributed by atoms with Gasteiger partial charge in [0.25, 0.3) is 0 Å². The lowest BCUT2D eigenvalue weighted by atomic mass is 9.82. The van der Waals surface area contributed by atoms with E-state index in [9.17, 15) is 14.9 Å². The van der Waals surface area contributed by atoms with E-state index in [4.69, 9.17) is 0 Å². The summed E-state index contributed by atoms with van der Waals surface area (Å²) in [6.07, 6.45) is 7.47. The lowest BCUT2D eigenvalue weighted by molar-refractivity contribution is -0.394. The van der Waals surface area contributed by atoms with Crippen molar-refractivity contribution in [3.63, 3.8) is 0 Å². The number of aromatic nitrogens is 3. The van der Waals surface area contributed by atoms with Crippen LogP contribution in [0.4, 0.5) is 5.95 Å². The second-order valence-electron chi connectivity index (χ2n) is 6.02. The van der Waals surface area contributed by atoms with Crippen molar-refractivity contribution in [3.05, 3.63) is 78.9 Å². The molecule has 0 saturated carbocycles. The fraction of sp³-hybridized carbons (Fsp3) is 0.167. The Kier molecular flexibility index (Phi) is 4.78. The van der Waals surface area contributed by atoms with E-state index in [2.05, 4.69) is 10.1 Å². The molecule has 3 heterocycles. The van der Waals surface area contributed by atoms with Gasteiger partial charge in [-0.3, -0.25) is 4.79 Å². The third kappa shape index (κ3) is 3.64. The number of hydrogen-bond donors (Lipinski definition) is 0. The van der Waals surface area contributed by atoms with Crippen molar-refractivity contribution in [3.8, 4) is 0 Å². The van der Waals surface area contributed by atoms with E-state index in [0.29, 0.717) is 6.42 Å². The first-order valence-corrected chi connectivity index (χ1v) is 9.92. The van der Waals surface area contributed by atoms with Gasteiger partial charge in [0.2, 0.25) is 6.33 Å². The number of allylic oxidation sites excluding steroid dienone is 3. The topological polar surface area (TPSA) is 90.9 Å². The van der Waals surface area contributed by atoms with Crippen LogP contribution in [0.2, 0.25) is 0 Å². The Hall–Kier alpha value is -2.91. The molecule has 0 amide bonds. The molecule has 0 saturated heterocycles. The van der Waals surface area contributed by atoms with Crippen LogP contribution >= 0.6 is 22.7 Å². The quantitative estimate of drug-likeness (QED) is 0.473. The minimum atomic E-state index is -0.658. The highest BCUT2D eigenvalue weighted by molar-refractivity contribution is 7.10. The van der Waals surface area contributed by atoms with Crippen molar-refractivity contribution in [1.29, 1.82) is 0 Å². The van der Waals surface area contributed by atoms with Crippen LogP contribution in [0, 0.1) is 10.1 Å². The van der Waals surface area contributed by atoms with E-state index in [1.807, 2.05) is 47.2 Å². The van der Waals surface area contributed by atoms with E-state index in [1.165, 1.54) is 11.0 Å². The van der Waals surface area contributed by atoms with Crippen molar-refractivity contribution >= 4 is 40.5 Å².